The third-order valence-electron chi connectivity index (χ3n) is 5.99. The van der Waals surface area contributed by atoms with E-state index < -0.39 is 23.6 Å². The standard InChI is InChI=1S/C25H27Cl2N3O4/c1-29(21(15-30-11-5-6-12-30)16-7-3-2-4-8-16)25(34)24(22(31)9-10-23(32)33)17-13-18(26)19(27)14-20(17)28/h2-4,7-10,13-14,21,24H,5-6,11-12,15,28H2,1H3,(H,32,33)/b10-9+/t21-,24?/m1/s1. The Labute approximate surface area is 208 Å². The summed E-state index contributed by atoms with van der Waals surface area (Å²) in [6, 6.07) is 12.0. The fraction of sp³-hybridized carbons (Fsp3) is 0.320. The number of benzene rings is 2. The number of hydrogen-bond acceptors (Lipinski definition) is 5. The molecule has 3 N–H and O–H groups in total. The summed E-state index contributed by atoms with van der Waals surface area (Å²) in [5, 5.41) is 9.31. The molecule has 1 aliphatic rings. The van der Waals surface area contributed by atoms with Crippen LogP contribution in [0.1, 0.15) is 35.9 Å². The van der Waals surface area contributed by atoms with E-state index in [0.29, 0.717) is 12.6 Å². The van der Waals surface area contributed by atoms with E-state index in [-0.39, 0.29) is 27.3 Å². The maximum atomic E-state index is 13.8. The highest BCUT2D eigenvalue weighted by Gasteiger charge is 2.35. The van der Waals surface area contributed by atoms with Crippen molar-refractivity contribution >= 4 is 46.5 Å². The van der Waals surface area contributed by atoms with Crippen LogP contribution in [0.15, 0.2) is 54.6 Å². The van der Waals surface area contributed by atoms with Crippen LogP contribution in [0.25, 0.3) is 0 Å². The highest BCUT2D eigenvalue weighted by atomic mass is 35.5. The van der Waals surface area contributed by atoms with E-state index in [1.165, 1.54) is 17.0 Å². The molecule has 180 valence electrons. The van der Waals surface area contributed by atoms with E-state index in [2.05, 4.69) is 4.90 Å². The van der Waals surface area contributed by atoms with Gasteiger partial charge in [-0.15, -0.1) is 0 Å². The molecule has 7 nitrogen and oxygen atoms in total. The van der Waals surface area contributed by atoms with Gasteiger partial charge >= 0.3 is 5.97 Å². The molecule has 1 heterocycles. The zero-order valence-electron chi connectivity index (χ0n) is 18.8. The second-order valence-corrected chi connectivity index (χ2v) is 9.10. The molecular formula is C25H27Cl2N3O4. The lowest BCUT2D eigenvalue weighted by molar-refractivity contribution is -0.138. The van der Waals surface area contributed by atoms with Gasteiger partial charge in [0, 0.05) is 25.4 Å². The van der Waals surface area contributed by atoms with Gasteiger partial charge in [-0.1, -0.05) is 53.5 Å². The first-order chi connectivity index (χ1) is 16.2. The molecule has 0 bridgehead atoms. The highest BCUT2D eigenvalue weighted by Crippen LogP contribution is 2.35. The molecular weight excluding hydrogens is 477 g/mol. The van der Waals surface area contributed by atoms with E-state index in [0.717, 1.165) is 37.6 Å². The van der Waals surface area contributed by atoms with Crippen molar-refractivity contribution in [3.05, 3.63) is 75.8 Å². The number of carbonyl (C=O) groups excluding carboxylic acids is 2. The number of nitrogens with zero attached hydrogens (tertiary/aromatic N) is 2. The first-order valence-corrected chi connectivity index (χ1v) is 11.7. The second kappa shape index (κ2) is 11.5. The molecule has 0 aromatic heterocycles. The number of carboxylic acid groups (broad SMARTS) is 1. The van der Waals surface area contributed by atoms with Crippen molar-refractivity contribution < 1.29 is 19.5 Å². The number of aliphatic carboxylic acids is 1. The van der Waals surface area contributed by atoms with Crippen LogP contribution in [-0.2, 0) is 14.4 Å². The Balaban J connectivity index is 2.02. The third kappa shape index (κ3) is 6.17. The lowest BCUT2D eigenvalue weighted by Crippen LogP contribution is -2.42. The predicted octanol–water partition coefficient (Wildman–Crippen LogP) is 4.16. The van der Waals surface area contributed by atoms with Crippen molar-refractivity contribution in [3.63, 3.8) is 0 Å². The minimum atomic E-state index is -1.37. The molecule has 2 aromatic rings. The van der Waals surface area contributed by atoms with Gasteiger partial charge in [-0.3, -0.25) is 9.59 Å². The van der Waals surface area contributed by atoms with Crippen LogP contribution >= 0.6 is 23.2 Å². The Kier molecular flexibility index (Phi) is 8.72. The van der Waals surface area contributed by atoms with Crippen molar-refractivity contribution in [1.29, 1.82) is 0 Å². The van der Waals surface area contributed by atoms with Crippen molar-refractivity contribution in [2.24, 2.45) is 0 Å². The van der Waals surface area contributed by atoms with Crippen LogP contribution < -0.4 is 5.73 Å². The molecule has 3 rings (SSSR count). The van der Waals surface area contributed by atoms with Gasteiger partial charge in [0.1, 0.15) is 5.92 Å². The quantitative estimate of drug-likeness (QED) is 0.302. The lowest BCUT2D eigenvalue weighted by Gasteiger charge is -2.34. The number of nitrogens with two attached hydrogens (primary N) is 1. The van der Waals surface area contributed by atoms with Gasteiger partial charge in [0.2, 0.25) is 5.91 Å². The first kappa shape index (κ1) is 25.7. The Morgan fingerprint density at radius 2 is 1.71 bits per heavy atom. The van der Waals surface area contributed by atoms with Crippen molar-refractivity contribution in [2.45, 2.75) is 24.8 Å². The largest absolute Gasteiger partial charge is 0.478 e. The number of anilines is 1. The summed E-state index contributed by atoms with van der Waals surface area (Å²) in [4.78, 5) is 41.8. The summed E-state index contributed by atoms with van der Waals surface area (Å²) in [6.45, 7) is 2.48. The highest BCUT2D eigenvalue weighted by molar-refractivity contribution is 6.42. The van der Waals surface area contributed by atoms with Crippen LogP contribution in [0.5, 0.6) is 0 Å². The fourth-order valence-corrected chi connectivity index (χ4v) is 4.52. The number of hydrogen-bond donors (Lipinski definition) is 2. The van der Waals surface area contributed by atoms with Crippen LogP contribution in [0.4, 0.5) is 5.69 Å². The van der Waals surface area contributed by atoms with Crippen molar-refractivity contribution in [3.8, 4) is 0 Å². The molecule has 2 atom stereocenters. The number of halogens is 2. The average Bonchev–Trinajstić information content (AvgIpc) is 3.33. The third-order valence-corrected chi connectivity index (χ3v) is 6.71. The molecule has 1 unspecified atom stereocenters. The Hall–Kier alpha value is -2.87. The monoisotopic (exact) mass is 503 g/mol. The van der Waals surface area contributed by atoms with Gasteiger partial charge in [-0.2, -0.15) is 0 Å². The zero-order valence-corrected chi connectivity index (χ0v) is 20.3. The van der Waals surface area contributed by atoms with Gasteiger partial charge in [0.25, 0.3) is 0 Å². The smallest absolute Gasteiger partial charge is 0.328 e. The number of ketones is 1. The Bertz CT molecular complexity index is 1090. The van der Waals surface area contributed by atoms with E-state index >= 15 is 0 Å². The molecule has 34 heavy (non-hydrogen) atoms. The molecule has 0 radical (unpaired) electrons. The van der Waals surface area contributed by atoms with Gasteiger partial charge in [-0.05, 0) is 55.3 Å². The van der Waals surface area contributed by atoms with Gasteiger partial charge < -0.3 is 20.6 Å². The second-order valence-electron chi connectivity index (χ2n) is 8.29. The number of amides is 1. The number of carboxylic acids is 1. The number of nitrogen functional groups attached to an aromatic ring is 1. The summed E-state index contributed by atoms with van der Waals surface area (Å²) in [6.07, 6.45) is 3.77. The van der Waals surface area contributed by atoms with Gasteiger partial charge in [-0.25, -0.2) is 4.79 Å². The number of likely N-dealkylation sites (tertiary alicyclic amines) is 1. The summed E-state index contributed by atoms with van der Waals surface area (Å²) < 4.78 is 0. The first-order valence-electron chi connectivity index (χ1n) is 10.9. The molecule has 1 aliphatic heterocycles. The van der Waals surface area contributed by atoms with Crippen molar-refractivity contribution in [1.82, 2.24) is 9.80 Å². The van der Waals surface area contributed by atoms with Gasteiger partial charge in [0.05, 0.1) is 16.1 Å². The van der Waals surface area contributed by atoms with E-state index in [9.17, 15) is 14.4 Å². The van der Waals surface area contributed by atoms with E-state index in [1.807, 2.05) is 30.3 Å². The zero-order chi connectivity index (χ0) is 24.8. The fourth-order valence-electron chi connectivity index (χ4n) is 4.18. The molecule has 0 aliphatic carbocycles. The minimum absolute atomic E-state index is 0.119. The number of rotatable bonds is 9. The minimum Gasteiger partial charge on any atom is -0.478 e. The molecule has 1 amide bonds. The Morgan fingerprint density at radius 1 is 1.09 bits per heavy atom. The normalized spacial score (nSPS) is 15.9. The number of likely N-dealkylation sites (N-methyl/N-ethyl adjacent to an activating group) is 1. The molecule has 9 heteroatoms. The molecule has 0 saturated carbocycles. The summed E-state index contributed by atoms with van der Waals surface area (Å²) in [7, 11) is 1.64. The SMILES string of the molecule is CN(C(=O)C(C(=O)/C=C/C(=O)O)c1cc(Cl)c(Cl)cc1N)[C@H](CN1CCCC1)c1ccccc1. The van der Waals surface area contributed by atoms with Crippen molar-refractivity contribution in [2.75, 3.05) is 32.4 Å². The summed E-state index contributed by atoms with van der Waals surface area (Å²) in [5.41, 5.74) is 7.36. The lowest BCUT2D eigenvalue weighted by atomic mass is 9.90. The maximum absolute atomic E-state index is 13.8. The number of carbonyl (C=O) groups is 3. The van der Waals surface area contributed by atoms with E-state index in [1.54, 1.807) is 7.05 Å². The maximum Gasteiger partial charge on any atom is 0.328 e. The average molecular weight is 504 g/mol. The Morgan fingerprint density at radius 3 is 2.32 bits per heavy atom. The predicted molar refractivity (Wildman–Crippen MR) is 133 cm³/mol. The number of allylic oxidation sites excluding steroid dienone is 1. The van der Waals surface area contributed by atoms with Crippen LogP contribution in [-0.4, -0.2) is 59.2 Å². The van der Waals surface area contributed by atoms with Crippen LogP contribution in [0, 0.1) is 0 Å². The topological polar surface area (TPSA) is 104 Å². The molecule has 1 fully saturated rings. The molecule has 0 spiro atoms. The summed E-state index contributed by atoms with van der Waals surface area (Å²) in [5.74, 6) is -3.90. The van der Waals surface area contributed by atoms with Gasteiger partial charge in [0.15, 0.2) is 5.78 Å². The van der Waals surface area contributed by atoms with Crippen LogP contribution in [0.3, 0.4) is 0 Å². The van der Waals surface area contributed by atoms with Crippen LogP contribution in [0.2, 0.25) is 10.0 Å². The molecule has 1 saturated heterocycles. The van der Waals surface area contributed by atoms with E-state index in [4.69, 9.17) is 34.0 Å². The molecule has 2 aromatic carbocycles. The summed E-state index contributed by atoms with van der Waals surface area (Å²) >= 11 is 12.2.